The molecule has 33 heavy (non-hydrogen) atoms. The third-order valence-electron chi connectivity index (χ3n) is 4.88. The van der Waals surface area contributed by atoms with Gasteiger partial charge in [0.1, 0.15) is 11.0 Å². The van der Waals surface area contributed by atoms with Crippen molar-refractivity contribution in [3.8, 4) is 5.75 Å². The molecule has 0 spiro atoms. The number of methoxy groups -OCH3 is 1. The summed E-state index contributed by atoms with van der Waals surface area (Å²) in [6.45, 7) is 5.69. The number of carbonyl (C=O) groups is 2. The minimum atomic E-state index is -4.03. The van der Waals surface area contributed by atoms with E-state index in [2.05, 4.69) is 16.3 Å². The summed E-state index contributed by atoms with van der Waals surface area (Å²) in [5, 5.41) is 1.96. The fraction of sp³-hybridized carbons (Fsp3) is 0.261. The summed E-state index contributed by atoms with van der Waals surface area (Å²) >= 11 is 0.956. The number of sulfonamides is 1. The van der Waals surface area contributed by atoms with Gasteiger partial charge < -0.3 is 10.1 Å². The zero-order valence-electron chi connectivity index (χ0n) is 18.4. The van der Waals surface area contributed by atoms with Gasteiger partial charge in [0.2, 0.25) is 11.8 Å². The molecule has 0 aromatic heterocycles. The predicted octanol–water partition coefficient (Wildman–Crippen LogP) is 3.46. The summed E-state index contributed by atoms with van der Waals surface area (Å²) in [6, 6.07) is 13.3. The van der Waals surface area contributed by atoms with Crippen molar-refractivity contribution in [1.29, 1.82) is 0 Å². The Bertz CT molecular complexity index is 1180. The van der Waals surface area contributed by atoms with E-state index < -0.39 is 21.2 Å². The van der Waals surface area contributed by atoms with Gasteiger partial charge in [-0.3, -0.25) is 14.5 Å². The third kappa shape index (κ3) is 6.02. The van der Waals surface area contributed by atoms with E-state index in [0.29, 0.717) is 11.4 Å². The molecule has 1 aliphatic heterocycles. The molecular weight excluding hydrogens is 462 g/mol. The molecule has 1 fully saturated rings. The van der Waals surface area contributed by atoms with Crippen molar-refractivity contribution < 1.29 is 22.7 Å². The number of thioether (sulfide) groups is 1. The maximum Gasteiger partial charge on any atom is 0.284 e. The number of nitrogens with zero attached hydrogens (tertiary/aromatic N) is 2. The summed E-state index contributed by atoms with van der Waals surface area (Å²) in [5.74, 6) is -0.189. The molecule has 0 unspecified atom stereocenters. The van der Waals surface area contributed by atoms with Crippen LogP contribution in [-0.4, -0.2) is 49.2 Å². The Morgan fingerprint density at radius 2 is 2.00 bits per heavy atom. The van der Waals surface area contributed by atoms with Crippen LogP contribution in [0.5, 0.6) is 5.75 Å². The topological polar surface area (TPSA) is 105 Å². The zero-order valence-corrected chi connectivity index (χ0v) is 20.0. The fourth-order valence-corrected chi connectivity index (χ4v) is 5.51. The highest BCUT2D eigenvalue weighted by Crippen LogP contribution is 2.31. The first kappa shape index (κ1) is 24.5. The van der Waals surface area contributed by atoms with Crippen LogP contribution in [0.1, 0.15) is 18.9 Å². The van der Waals surface area contributed by atoms with Gasteiger partial charge in [-0.15, -0.1) is 11.0 Å². The lowest BCUT2D eigenvalue weighted by Gasteiger charge is -2.13. The first-order chi connectivity index (χ1) is 15.8. The number of anilines is 1. The second kappa shape index (κ2) is 10.7. The van der Waals surface area contributed by atoms with Gasteiger partial charge in [0, 0.05) is 24.7 Å². The number of amides is 2. The molecule has 0 radical (unpaired) electrons. The molecule has 2 aromatic rings. The molecule has 0 aliphatic carbocycles. The van der Waals surface area contributed by atoms with E-state index in [-0.39, 0.29) is 28.9 Å². The molecular formula is C23H25N3O5S2. The monoisotopic (exact) mass is 487 g/mol. The van der Waals surface area contributed by atoms with Gasteiger partial charge >= 0.3 is 0 Å². The molecule has 1 heterocycles. The van der Waals surface area contributed by atoms with Crippen LogP contribution in [0.2, 0.25) is 0 Å². The van der Waals surface area contributed by atoms with Crippen LogP contribution >= 0.6 is 11.8 Å². The number of aryl methyl sites for hydroxylation is 1. The Hall–Kier alpha value is -3.11. The van der Waals surface area contributed by atoms with Crippen molar-refractivity contribution in [2.75, 3.05) is 19.0 Å². The number of rotatable bonds is 9. The molecule has 0 bridgehead atoms. The number of benzene rings is 2. The molecule has 0 saturated carbocycles. The molecule has 8 nitrogen and oxygen atoms in total. The molecule has 174 valence electrons. The lowest BCUT2D eigenvalue weighted by molar-refractivity contribution is -0.127. The van der Waals surface area contributed by atoms with Gasteiger partial charge in [-0.25, -0.2) is 0 Å². The summed E-state index contributed by atoms with van der Waals surface area (Å²) in [7, 11) is -2.50. The van der Waals surface area contributed by atoms with Crippen LogP contribution in [0.25, 0.3) is 0 Å². The standard InChI is InChI=1S/C23H25N3O5S2/c1-4-13-26-22(28)20(15-21(27)24-17-7-6-8-18(14-17)31-3)32-23(26)25-33(29,30)19-11-9-16(5-2)10-12-19/h4,6-12,14,20H,1,5,13,15H2,2-3H3,(H,24,27)/t20-/m0/s1. The van der Waals surface area contributed by atoms with Gasteiger partial charge in [-0.05, 0) is 36.2 Å². The van der Waals surface area contributed by atoms with E-state index in [1.165, 1.54) is 30.2 Å². The van der Waals surface area contributed by atoms with E-state index in [4.69, 9.17) is 4.74 Å². The average molecular weight is 488 g/mol. The number of carbonyl (C=O) groups excluding carboxylic acids is 2. The normalized spacial score (nSPS) is 17.3. The average Bonchev–Trinajstić information content (AvgIpc) is 3.07. The molecule has 3 rings (SSSR count). The number of nitrogens with one attached hydrogen (secondary N) is 1. The summed E-state index contributed by atoms with van der Waals surface area (Å²) in [5.41, 5.74) is 1.53. The lowest BCUT2D eigenvalue weighted by Crippen LogP contribution is -2.33. The second-order valence-corrected chi connectivity index (χ2v) is 9.95. The van der Waals surface area contributed by atoms with Crippen molar-refractivity contribution >= 4 is 44.5 Å². The van der Waals surface area contributed by atoms with Gasteiger partial charge in [0.05, 0.1) is 12.0 Å². The number of hydrogen-bond acceptors (Lipinski definition) is 6. The summed E-state index contributed by atoms with van der Waals surface area (Å²) in [6.07, 6.45) is 2.12. The van der Waals surface area contributed by atoms with Crippen LogP contribution in [0.15, 0.2) is 70.5 Å². The van der Waals surface area contributed by atoms with E-state index in [1.807, 2.05) is 6.92 Å². The molecule has 10 heteroatoms. The smallest absolute Gasteiger partial charge is 0.284 e. The first-order valence-corrected chi connectivity index (χ1v) is 12.6. The van der Waals surface area contributed by atoms with Gasteiger partial charge in [-0.1, -0.05) is 43.0 Å². The van der Waals surface area contributed by atoms with Crippen LogP contribution < -0.4 is 10.1 Å². The fourth-order valence-electron chi connectivity index (χ4n) is 3.14. The van der Waals surface area contributed by atoms with Crippen LogP contribution in [0, 0.1) is 0 Å². The maximum absolute atomic E-state index is 12.9. The van der Waals surface area contributed by atoms with Crippen molar-refractivity contribution in [3.63, 3.8) is 0 Å². The molecule has 1 aliphatic rings. The van der Waals surface area contributed by atoms with Crippen LogP contribution in [-0.2, 0) is 26.0 Å². The molecule has 1 atom stereocenters. The Kier molecular flexibility index (Phi) is 7.93. The van der Waals surface area contributed by atoms with Crippen LogP contribution in [0.4, 0.5) is 5.69 Å². The highest BCUT2D eigenvalue weighted by atomic mass is 32.2. The summed E-state index contributed by atoms with van der Waals surface area (Å²) in [4.78, 5) is 26.7. The number of ether oxygens (including phenoxy) is 1. The Morgan fingerprint density at radius 1 is 1.27 bits per heavy atom. The van der Waals surface area contributed by atoms with E-state index in [9.17, 15) is 18.0 Å². The quantitative estimate of drug-likeness (QED) is 0.543. The van der Waals surface area contributed by atoms with E-state index >= 15 is 0 Å². The van der Waals surface area contributed by atoms with Gasteiger partial charge in [-0.2, -0.15) is 8.42 Å². The van der Waals surface area contributed by atoms with Crippen molar-refractivity contribution in [2.24, 2.45) is 4.40 Å². The first-order valence-electron chi connectivity index (χ1n) is 10.2. The summed E-state index contributed by atoms with van der Waals surface area (Å²) < 4.78 is 34.7. The second-order valence-electron chi connectivity index (χ2n) is 7.17. The number of amidine groups is 1. The van der Waals surface area contributed by atoms with Crippen LogP contribution in [0.3, 0.4) is 0 Å². The van der Waals surface area contributed by atoms with Gasteiger partial charge in [0.25, 0.3) is 10.0 Å². The molecule has 2 aromatic carbocycles. The predicted molar refractivity (Wildman–Crippen MR) is 130 cm³/mol. The minimum absolute atomic E-state index is 0.0265. The lowest BCUT2D eigenvalue weighted by atomic mass is 10.2. The number of hydrogen-bond donors (Lipinski definition) is 1. The van der Waals surface area contributed by atoms with E-state index in [1.54, 1.807) is 36.4 Å². The molecule has 2 amide bonds. The Morgan fingerprint density at radius 3 is 2.64 bits per heavy atom. The largest absolute Gasteiger partial charge is 0.497 e. The van der Waals surface area contributed by atoms with Crippen molar-refractivity contribution in [1.82, 2.24) is 4.90 Å². The minimum Gasteiger partial charge on any atom is -0.497 e. The molecule has 1 N–H and O–H groups in total. The highest BCUT2D eigenvalue weighted by molar-refractivity contribution is 8.16. The third-order valence-corrected chi connectivity index (χ3v) is 7.46. The highest BCUT2D eigenvalue weighted by Gasteiger charge is 2.39. The van der Waals surface area contributed by atoms with Gasteiger partial charge in [0.15, 0.2) is 5.17 Å². The van der Waals surface area contributed by atoms with Crippen molar-refractivity contribution in [3.05, 3.63) is 66.7 Å². The van der Waals surface area contributed by atoms with E-state index in [0.717, 1.165) is 23.7 Å². The van der Waals surface area contributed by atoms with Crippen molar-refractivity contribution in [2.45, 2.75) is 29.9 Å². The molecule has 1 saturated heterocycles. The Labute approximate surface area is 197 Å². The zero-order chi connectivity index (χ0) is 24.0. The Balaban J connectivity index is 1.78. The SMILES string of the molecule is C=CCN1C(=O)[C@H](CC(=O)Nc2cccc(OC)c2)SC1=NS(=O)(=O)c1ccc(CC)cc1. The maximum atomic E-state index is 12.9.